The first-order valence-electron chi connectivity index (χ1n) is 13.2. The Labute approximate surface area is 193 Å². The van der Waals surface area contributed by atoms with Crippen molar-refractivity contribution < 1.29 is 0 Å². The Morgan fingerprint density at radius 2 is 0.571 bits per heavy atom. The maximum absolute atomic E-state index is 2.55. The van der Waals surface area contributed by atoms with Gasteiger partial charge in [0.2, 0.25) is 0 Å². The highest BCUT2D eigenvalue weighted by molar-refractivity contribution is 14.1. The summed E-state index contributed by atoms with van der Waals surface area (Å²) in [4.78, 5) is 0. The SMILES string of the molecule is CCCCCCCCCCCCCCN(I)CCCCCCCCCCCC. The fraction of sp³-hybridized carbons (Fsp3) is 1.00. The van der Waals surface area contributed by atoms with Crippen molar-refractivity contribution in [2.75, 3.05) is 13.1 Å². The van der Waals surface area contributed by atoms with Gasteiger partial charge in [0.1, 0.15) is 0 Å². The molecule has 0 aliphatic rings. The number of hydrogen-bond donors (Lipinski definition) is 0. The molecule has 0 aromatic rings. The van der Waals surface area contributed by atoms with Crippen LogP contribution in [0.25, 0.3) is 0 Å². The Morgan fingerprint density at radius 3 is 0.821 bits per heavy atom. The van der Waals surface area contributed by atoms with Gasteiger partial charge < -0.3 is 0 Å². The first-order valence-corrected chi connectivity index (χ1v) is 14.2. The first-order chi connectivity index (χ1) is 13.8. The molecule has 0 aliphatic heterocycles. The van der Waals surface area contributed by atoms with Crippen molar-refractivity contribution in [1.29, 1.82) is 0 Å². The molecule has 0 fully saturated rings. The van der Waals surface area contributed by atoms with Gasteiger partial charge in [0.25, 0.3) is 0 Å². The van der Waals surface area contributed by atoms with E-state index in [9.17, 15) is 0 Å². The van der Waals surface area contributed by atoms with Crippen LogP contribution in [0.4, 0.5) is 0 Å². The third-order valence-electron chi connectivity index (χ3n) is 6.01. The third kappa shape index (κ3) is 24.7. The van der Waals surface area contributed by atoms with Gasteiger partial charge >= 0.3 is 0 Å². The second-order valence-electron chi connectivity index (χ2n) is 8.98. The minimum absolute atomic E-state index is 1.30. The molecule has 28 heavy (non-hydrogen) atoms. The molecule has 0 saturated carbocycles. The van der Waals surface area contributed by atoms with E-state index in [2.05, 4.69) is 39.8 Å². The van der Waals surface area contributed by atoms with Crippen LogP contribution in [0.2, 0.25) is 0 Å². The predicted molar refractivity (Wildman–Crippen MR) is 139 cm³/mol. The van der Waals surface area contributed by atoms with Crippen LogP contribution in [0.3, 0.4) is 0 Å². The van der Waals surface area contributed by atoms with Gasteiger partial charge in [-0.15, -0.1) is 0 Å². The van der Waals surface area contributed by atoms with Gasteiger partial charge in [0.15, 0.2) is 0 Å². The van der Waals surface area contributed by atoms with E-state index in [4.69, 9.17) is 0 Å². The number of nitrogens with zero attached hydrogens (tertiary/aromatic N) is 1. The minimum Gasteiger partial charge on any atom is -0.248 e. The summed E-state index contributed by atoms with van der Waals surface area (Å²) in [5, 5.41) is 0. The summed E-state index contributed by atoms with van der Waals surface area (Å²) in [6.45, 7) is 7.20. The zero-order valence-corrected chi connectivity index (χ0v) is 22.0. The standard InChI is InChI=1S/C26H54IN/c1-3-5-7-9-11-13-15-16-18-20-22-24-26-28(27)25-23-21-19-17-14-12-10-8-6-4-2/h3-26H2,1-2H3. The van der Waals surface area contributed by atoms with Crippen LogP contribution in [0.1, 0.15) is 155 Å². The van der Waals surface area contributed by atoms with Gasteiger partial charge in [-0.05, 0) is 12.8 Å². The molecule has 0 N–H and O–H groups in total. The molecule has 1 nitrogen and oxygen atoms in total. The molecule has 2 heteroatoms. The molecule has 0 saturated heterocycles. The average molecular weight is 508 g/mol. The van der Waals surface area contributed by atoms with E-state index in [0.29, 0.717) is 0 Å². The van der Waals surface area contributed by atoms with Gasteiger partial charge in [0.05, 0.1) is 0 Å². The number of unbranched alkanes of at least 4 members (excludes halogenated alkanes) is 20. The first kappa shape index (κ1) is 28.7. The lowest BCUT2D eigenvalue weighted by Crippen LogP contribution is -2.14. The van der Waals surface area contributed by atoms with Crippen LogP contribution in [-0.4, -0.2) is 16.2 Å². The maximum atomic E-state index is 2.55. The van der Waals surface area contributed by atoms with Crippen LogP contribution in [0.15, 0.2) is 0 Å². The maximum Gasteiger partial charge on any atom is 0.0201 e. The number of rotatable bonds is 24. The zero-order valence-electron chi connectivity index (χ0n) is 19.8. The molecule has 0 spiro atoms. The molecule has 0 bridgehead atoms. The summed E-state index contributed by atoms with van der Waals surface area (Å²) in [6.07, 6.45) is 31.8. The van der Waals surface area contributed by atoms with E-state index in [1.165, 1.54) is 154 Å². The van der Waals surface area contributed by atoms with Gasteiger partial charge in [-0.25, -0.2) is 3.11 Å². The summed E-state index contributed by atoms with van der Waals surface area (Å²) in [6, 6.07) is 0. The van der Waals surface area contributed by atoms with Crippen LogP contribution in [0, 0.1) is 0 Å². The van der Waals surface area contributed by atoms with Gasteiger partial charge in [0, 0.05) is 36.0 Å². The van der Waals surface area contributed by atoms with Crippen molar-refractivity contribution in [3.8, 4) is 0 Å². The summed E-state index contributed by atoms with van der Waals surface area (Å²) < 4.78 is 2.54. The summed E-state index contributed by atoms with van der Waals surface area (Å²) in [5.74, 6) is 0. The van der Waals surface area contributed by atoms with Crippen molar-refractivity contribution >= 4 is 22.9 Å². The van der Waals surface area contributed by atoms with Crippen LogP contribution >= 0.6 is 22.9 Å². The number of halogens is 1. The Kier molecular flexibility index (Phi) is 26.4. The summed E-state index contributed by atoms with van der Waals surface area (Å²) in [7, 11) is 0. The normalized spacial score (nSPS) is 11.6. The lowest BCUT2D eigenvalue weighted by atomic mass is 10.1. The summed E-state index contributed by atoms with van der Waals surface area (Å²) >= 11 is 2.55. The Balaban J connectivity index is 3.12. The summed E-state index contributed by atoms with van der Waals surface area (Å²) in [5.41, 5.74) is 0. The Hall–Kier alpha value is 0.690. The monoisotopic (exact) mass is 507 g/mol. The van der Waals surface area contributed by atoms with Crippen molar-refractivity contribution in [2.24, 2.45) is 0 Å². The molecule has 0 amide bonds. The average Bonchev–Trinajstić information content (AvgIpc) is 2.70. The fourth-order valence-corrected chi connectivity index (χ4v) is 4.69. The van der Waals surface area contributed by atoms with Crippen LogP contribution in [-0.2, 0) is 0 Å². The van der Waals surface area contributed by atoms with Crippen molar-refractivity contribution in [3.05, 3.63) is 0 Å². The molecule has 0 aromatic heterocycles. The predicted octanol–water partition coefficient (Wildman–Crippen LogP) is 10.3. The van der Waals surface area contributed by atoms with E-state index in [1.807, 2.05) is 0 Å². The van der Waals surface area contributed by atoms with Crippen molar-refractivity contribution in [1.82, 2.24) is 3.11 Å². The topological polar surface area (TPSA) is 3.24 Å². The highest BCUT2D eigenvalue weighted by atomic mass is 127. The molecular formula is C26H54IN. The highest BCUT2D eigenvalue weighted by Gasteiger charge is 2.00. The zero-order chi connectivity index (χ0) is 20.5. The van der Waals surface area contributed by atoms with E-state index >= 15 is 0 Å². The Morgan fingerprint density at radius 1 is 0.357 bits per heavy atom. The van der Waals surface area contributed by atoms with E-state index in [-0.39, 0.29) is 0 Å². The van der Waals surface area contributed by atoms with E-state index < -0.39 is 0 Å². The molecule has 0 radical (unpaired) electrons. The quantitative estimate of drug-likeness (QED) is 0.0713. The van der Waals surface area contributed by atoms with E-state index in [1.54, 1.807) is 0 Å². The van der Waals surface area contributed by atoms with Crippen LogP contribution in [0.5, 0.6) is 0 Å². The van der Waals surface area contributed by atoms with Crippen molar-refractivity contribution in [2.45, 2.75) is 155 Å². The molecule has 0 atom stereocenters. The molecule has 0 unspecified atom stereocenters. The molecule has 0 aliphatic carbocycles. The number of hydrogen-bond acceptors (Lipinski definition) is 1. The second kappa shape index (κ2) is 25.7. The highest BCUT2D eigenvalue weighted by Crippen LogP contribution is 2.14. The molecule has 0 aromatic carbocycles. The van der Waals surface area contributed by atoms with Gasteiger partial charge in [-0.3, -0.25) is 0 Å². The molecule has 0 heterocycles. The molecule has 170 valence electrons. The fourth-order valence-electron chi connectivity index (χ4n) is 4.01. The minimum atomic E-state index is 1.30. The van der Waals surface area contributed by atoms with E-state index in [0.717, 1.165) is 0 Å². The lowest BCUT2D eigenvalue weighted by molar-refractivity contribution is 0.448. The van der Waals surface area contributed by atoms with Crippen LogP contribution < -0.4 is 0 Å². The van der Waals surface area contributed by atoms with Gasteiger partial charge in [-0.1, -0.05) is 142 Å². The lowest BCUT2D eigenvalue weighted by Gasteiger charge is -2.14. The second-order valence-corrected chi connectivity index (χ2v) is 10.3. The Bertz CT molecular complexity index is 269. The van der Waals surface area contributed by atoms with Crippen molar-refractivity contribution in [3.63, 3.8) is 0 Å². The molecular weight excluding hydrogens is 453 g/mol. The van der Waals surface area contributed by atoms with Gasteiger partial charge in [-0.2, -0.15) is 0 Å². The molecule has 0 rings (SSSR count). The largest absolute Gasteiger partial charge is 0.248 e. The third-order valence-corrected chi connectivity index (χ3v) is 6.97. The smallest absolute Gasteiger partial charge is 0.0201 e.